The fourth-order valence-corrected chi connectivity index (χ4v) is 3.05. The van der Waals surface area contributed by atoms with Crippen LogP contribution in [0.1, 0.15) is 31.7 Å². The second kappa shape index (κ2) is 10.6. The molecule has 0 saturated heterocycles. The van der Waals surface area contributed by atoms with Crippen LogP contribution in [0, 0.1) is 0 Å². The third-order valence-corrected chi connectivity index (χ3v) is 4.76. The van der Waals surface area contributed by atoms with Gasteiger partial charge in [-0.1, -0.05) is 18.2 Å². The molecule has 0 radical (unpaired) electrons. The van der Waals surface area contributed by atoms with Crippen LogP contribution in [0.25, 0.3) is 10.9 Å². The summed E-state index contributed by atoms with van der Waals surface area (Å²) >= 11 is 0. The van der Waals surface area contributed by atoms with Crippen molar-refractivity contribution in [3.63, 3.8) is 0 Å². The number of aromatic amines is 1. The Bertz CT molecular complexity index is 850. The first kappa shape index (κ1) is 22.4. The molecule has 9 heteroatoms. The molecular weight excluding hydrogens is 374 g/mol. The van der Waals surface area contributed by atoms with E-state index in [1.165, 1.54) is 6.92 Å². The van der Waals surface area contributed by atoms with Crippen LogP contribution in [0.3, 0.4) is 0 Å². The number of hydrogen-bond acceptors (Lipinski definition) is 5. The molecule has 3 atom stereocenters. The highest BCUT2D eigenvalue weighted by Gasteiger charge is 2.26. The molecule has 0 fully saturated rings. The van der Waals surface area contributed by atoms with Gasteiger partial charge in [0.15, 0.2) is 0 Å². The number of carboxylic acid groups (broad SMARTS) is 1. The fraction of sp³-hybridized carbons (Fsp3) is 0.450. The van der Waals surface area contributed by atoms with Crippen molar-refractivity contribution in [2.24, 2.45) is 11.5 Å². The summed E-state index contributed by atoms with van der Waals surface area (Å²) in [7, 11) is 0. The van der Waals surface area contributed by atoms with Gasteiger partial charge < -0.3 is 32.2 Å². The molecule has 2 rings (SSSR count). The SMILES string of the molecule is C[C@H](NC(=O)[C@H](CCCCN)NC(=O)[C@@H](N)Cc1c[nH]c2ccccc12)C(=O)O. The summed E-state index contributed by atoms with van der Waals surface area (Å²) in [5.74, 6) is -2.17. The summed E-state index contributed by atoms with van der Waals surface area (Å²) in [5.41, 5.74) is 13.4. The molecule has 0 bridgehead atoms. The average molecular weight is 403 g/mol. The highest BCUT2D eigenvalue weighted by molar-refractivity contribution is 5.92. The second-order valence-electron chi connectivity index (χ2n) is 7.08. The van der Waals surface area contributed by atoms with Crippen molar-refractivity contribution < 1.29 is 19.5 Å². The Morgan fingerprint density at radius 1 is 1.14 bits per heavy atom. The zero-order valence-corrected chi connectivity index (χ0v) is 16.5. The summed E-state index contributed by atoms with van der Waals surface area (Å²) in [5, 5.41) is 15.0. The lowest BCUT2D eigenvalue weighted by atomic mass is 10.0. The van der Waals surface area contributed by atoms with Crippen molar-refractivity contribution in [1.82, 2.24) is 15.6 Å². The summed E-state index contributed by atoms with van der Waals surface area (Å²) in [6.07, 6.45) is 3.78. The lowest BCUT2D eigenvalue weighted by Crippen LogP contribution is -2.54. The van der Waals surface area contributed by atoms with E-state index in [4.69, 9.17) is 16.6 Å². The normalized spacial score (nSPS) is 14.2. The zero-order valence-electron chi connectivity index (χ0n) is 16.5. The molecule has 0 spiro atoms. The van der Waals surface area contributed by atoms with Gasteiger partial charge in [-0.25, -0.2) is 0 Å². The topological polar surface area (TPSA) is 163 Å². The van der Waals surface area contributed by atoms with Gasteiger partial charge in [0.25, 0.3) is 0 Å². The van der Waals surface area contributed by atoms with Crippen LogP contribution in [-0.2, 0) is 20.8 Å². The Hall–Kier alpha value is -2.91. The maximum absolute atomic E-state index is 12.6. The molecule has 2 amide bonds. The number of carbonyl (C=O) groups excluding carboxylic acids is 2. The third kappa shape index (κ3) is 6.30. The van der Waals surface area contributed by atoms with Crippen LogP contribution in [0.5, 0.6) is 0 Å². The Morgan fingerprint density at radius 3 is 2.55 bits per heavy atom. The number of carbonyl (C=O) groups is 3. The zero-order chi connectivity index (χ0) is 21.4. The molecule has 1 aromatic carbocycles. The summed E-state index contributed by atoms with van der Waals surface area (Å²) in [4.78, 5) is 39.2. The van der Waals surface area contributed by atoms with E-state index in [0.717, 1.165) is 16.5 Å². The van der Waals surface area contributed by atoms with E-state index < -0.39 is 35.9 Å². The van der Waals surface area contributed by atoms with Crippen LogP contribution in [0.4, 0.5) is 0 Å². The standard InChI is InChI=1S/C20H29N5O4/c1-12(20(28)29)24-19(27)17(8-4-5-9-21)25-18(26)15(22)10-13-11-23-16-7-3-2-6-14(13)16/h2-3,6-7,11-12,15,17,23H,4-5,8-10,21-22H2,1H3,(H,24,27)(H,25,26)(H,28,29)/t12-,15-,17-/m0/s1. The molecule has 8 N–H and O–H groups in total. The lowest BCUT2D eigenvalue weighted by Gasteiger charge is -2.22. The molecule has 0 aliphatic carbocycles. The highest BCUT2D eigenvalue weighted by Crippen LogP contribution is 2.18. The predicted octanol–water partition coefficient (Wildman–Crippen LogP) is 0.241. The van der Waals surface area contributed by atoms with Gasteiger partial charge >= 0.3 is 5.97 Å². The molecule has 0 saturated carbocycles. The first-order valence-corrected chi connectivity index (χ1v) is 9.67. The molecular formula is C20H29N5O4. The number of amides is 2. The van der Waals surface area contributed by atoms with Gasteiger partial charge in [0.05, 0.1) is 6.04 Å². The van der Waals surface area contributed by atoms with Gasteiger partial charge in [-0.05, 0) is 50.8 Å². The van der Waals surface area contributed by atoms with E-state index in [-0.39, 0.29) is 0 Å². The Balaban J connectivity index is 2.02. The van der Waals surface area contributed by atoms with E-state index >= 15 is 0 Å². The van der Waals surface area contributed by atoms with Crippen LogP contribution in [0.2, 0.25) is 0 Å². The lowest BCUT2D eigenvalue weighted by molar-refractivity contribution is -0.141. The number of fused-ring (bicyclic) bond motifs is 1. The smallest absolute Gasteiger partial charge is 0.325 e. The van der Waals surface area contributed by atoms with Gasteiger partial charge in [0.1, 0.15) is 12.1 Å². The van der Waals surface area contributed by atoms with Crippen molar-refractivity contribution in [3.8, 4) is 0 Å². The van der Waals surface area contributed by atoms with Gasteiger partial charge in [-0.15, -0.1) is 0 Å². The largest absolute Gasteiger partial charge is 0.480 e. The van der Waals surface area contributed by atoms with Crippen LogP contribution in [-0.4, -0.2) is 52.5 Å². The van der Waals surface area contributed by atoms with E-state index in [2.05, 4.69) is 15.6 Å². The maximum Gasteiger partial charge on any atom is 0.325 e. The number of unbranched alkanes of at least 4 members (excludes halogenated alkanes) is 1. The number of hydrogen-bond donors (Lipinski definition) is 6. The minimum absolute atomic E-state index is 0.304. The quantitative estimate of drug-likeness (QED) is 0.294. The number of para-hydroxylation sites is 1. The molecule has 9 nitrogen and oxygen atoms in total. The van der Waals surface area contributed by atoms with Crippen molar-refractivity contribution >= 4 is 28.7 Å². The third-order valence-electron chi connectivity index (χ3n) is 4.76. The summed E-state index contributed by atoms with van der Waals surface area (Å²) in [6, 6.07) is 4.93. The molecule has 158 valence electrons. The molecule has 1 heterocycles. The maximum atomic E-state index is 12.6. The fourth-order valence-electron chi connectivity index (χ4n) is 3.05. The van der Waals surface area contributed by atoms with Crippen molar-refractivity contribution in [3.05, 3.63) is 36.0 Å². The molecule has 1 aromatic heterocycles. The van der Waals surface area contributed by atoms with Crippen molar-refractivity contribution in [1.29, 1.82) is 0 Å². The monoisotopic (exact) mass is 403 g/mol. The van der Waals surface area contributed by atoms with Gasteiger partial charge in [-0.2, -0.15) is 0 Å². The first-order chi connectivity index (χ1) is 13.8. The molecule has 0 aliphatic heterocycles. The van der Waals surface area contributed by atoms with E-state index in [1.54, 1.807) is 0 Å². The van der Waals surface area contributed by atoms with Gasteiger partial charge in [-0.3, -0.25) is 14.4 Å². The van der Waals surface area contributed by atoms with E-state index in [0.29, 0.717) is 32.2 Å². The average Bonchev–Trinajstić information content (AvgIpc) is 3.09. The number of rotatable bonds is 11. The highest BCUT2D eigenvalue weighted by atomic mass is 16.4. The Morgan fingerprint density at radius 2 is 1.86 bits per heavy atom. The van der Waals surface area contributed by atoms with E-state index in [1.807, 2.05) is 30.5 Å². The number of carboxylic acids is 1. The number of benzene rings is 1. The number of aliphatic carboxylic acids is 1. The molecule has 0 aliphatic rings. The van der Waals surface area contributed by atoms with E-state index in [9.17, 15) is 14.4 Å². The first-order valence-electron chi connectivity index (χ1n) is 9.67. The van der Waals surface area contributed by atoms with Crippen LogP contribution < -0.4 is 22.1 Å². The van der Waals surface area contributed by atoms with Crippen molar-refractivity contribution in [2.75, 3.05) is 6.54 Å². The predicted molar refractivity (Wildman–Crippen MR) is 110 cm³/mol. The number of nitrogens with one attached hydrogen (secondary N) is 3. The number of aromatic nitrogens is 1. The van der Waals surface area contributed by atoms with Gasteiger partial charge in [0, 0.05) is 17.1 Å². The minimum Gasteiger partial charge on any atom is -0.480 e. The van der Waals surface area contributed by atoms with Crippen LogP contribution in [0.15, 0.2) is 30.5 Å². The minimum atomic E-state index is -1.15. The summed E-state index contributed by atoms with van der Waals surface area (Å²) < 4.78 is 0. The summed E-state index contributed by atoms with van der Waals surface area (Å²) in [6.45, 7) is 1.83. The Labute approximate surface area is 169 Å². The van der Waals surface area contributed by atoms with Crippen molar-refractivity contribution in [2.45, 2.75) is 50.7 Å². The number of H-pyrrole nitrogens is 1. The number of nitrogens with two attached hydrogens (primary N) is 2. The van der Waals surface area contributed by atoms with Gasteiger partial charge in [0.2, 0.25) is 11.8 Å². The molecule has 0 unspecified atom stereocenters. The molecule has 2 aromatic rings. The molecule has 29 heavy (non-hydrogen) atoms. The Kier molecular flexibility index (Phi) is 8.17. The second-order valence-corrected chi connectivity index (χ2v) is 7.08. The van der Waals surface area contributed by atoms with Crippen LogP contribution >= 0.6 is 0 Å².